The van der Waals surface area contributed by atoms with E-state index in [4.69, 9.17) is 0 Å². The second-order valence-electron chi connectivity index (χ2n) is 4.82. The molecule has 1 aliphatic rings. The van der Waals surface area contributed by atoms with E-state index >= 15 is 0 Å². The van der Waals surface area contributed by atoms with Gasteiger partial charge in [-0.25, -0.2) is 26.5 Å². The van der Waals surface area contributed by atoms with Crippen molar-refractivity contribution in [3.05, 3.63) is 24.3 Å². The molecule has 126 valence electrons. The number of carbonyl (C=O) groups excluding carboxylic acids is 2. The summed E-state index contributed by atoms with van der Waals surface area (Å²) >= 11 is 0. The molecular weight excluding hydrogens is 348 g/mol. The van der Waals surface area contributed by atoms with E-state index in [0.717, 1.165) is 23.3 Å². The van der Waals surface area contributed by atoms with Gasteiger partial charge in [0.05, 0.1) is 4.90 Å². The molecule has 23 heavy (non-hydrogen) atoms. The molecule has 1 saturated heterocycles. The van der Waals surface area contributed by atoms with Crippen molar-refractivity contribution >= 4 is 31.9 Å². The van der Waals surface area contributed by atoms with E-state index in [9.17, 15) is 26.4 Å². The lowest BCUT2D eigenvalue weighted by atomic mass is 10.4. The van der Waals surface area contributed by atoms with Crippen LogP contribution >= 0.6 is 0 Å². The molecule has 1 aromatic carbocycles. The largest absolute Gasteiger partial charge is 0.436 e. The molecule has 0 bridgehead atoms. The Hall–Kier alpha value is -1.98. The first-order valence-corrected chi connectivity index (χ1v) is 9.82. The lowest BCUT2D eigenvalue weighted by Gasteiger charge is -2.14. The van der Waals surface area contributed by atoms with E-state index in [1.54, 1.807) is 4.89 Å². The molecular formula is C12H14N2O7S2. The van der Waals surface area contributed by atoms with Crippen molar-refractivity contribution < 1.29 is 31.3 Å². The number of sulfone groups is 1. The molecule has 1 heterocycles. The summed E-state index contributed by atoms with van der Waals surface area (Å²) in [6.45, 7) is 0.138. The Bertz CT molecular complexity index is 846. The van der Waals surface area contributed by atoms with Gasteiger partial charge in [-0.15, -0.1) is 0 Å². The fraction of sp³-hybridized carbons (Fsp3) is 0.333. The van der Waals surface area contributed by atoms with Crippen molar-refractivity contribution in [2.75, 3.05) is 12.8 Å². The Morgan fingerprint density at radius 3 is 2.30 bits per heavy atom. The van der Waals surface area contributed by atoms with Gasteiger partial charge < -0.3 is 4.84 Å². The summed E-state index contributed by atoms with van der Waals surface area (Å²) in [6.07, 6.45) is 0.347. The number of hydrogen-bond donors (Lipinski definition) is 1. The zero-order valence-corrected chi connectivity index (χ0v) is 13.7. The van der Waals surface area contributed by atoms with Crippen LogP contribution < -0.4 is 4.89 Å². The molecule has 1 N–H and O–H groups in total. The minimum atomic E-state index is -4.43. The van der Waals surface area contributed by atoms with Crippen LogP contribution in [-0.4, -0.2) is 46.5 Å². The SMILES string of the molecule is CS(=O)(=O)c1ccccc1S(=O)(=O)NOC(=O)N1CCCC1=O. The number of carbonyl (C=O) groups is 2. The van der Waals surface area contributed by atoms with Gasteiger partial charge >= 0.3 is 6.09 Å². The average molecular weight is 362 g/mol. The van der Waals surface area contributed by atoms with Gasteiger partial charge in [0.25, 0.3) is 10.0 Å². The Kier molecular flexibility index (Phi) is 4.73. The zero-order chi connectivity index (χ0) is 17.3. The van der Waals surface area contributed by atoms with Crippen LogP contribution in [0.4, 0.5) is 4.79 Å². The van der Waals surface area contributed by atoms with Gasteiger partial charge in [-0.1, -0.05) is 12.1 Å². The second-order valence-corrected chi connectivity index (χ2v) is 8.42. The number of likely N-dealkylation sites (tertiary alicyclic amines) is 1. The third kappa shape index (κ3) is 3.86. The smallest absolute Gasteiger partial charge is 0.338 e. The predicted molar refractivity (Wildman–Crippen MR) is 77.3 cm³/mol. The van der Waals surface area contributed by atoms with Gasteiger partial charge in [0.1, 0.15) is 4.90 Å². The molecule has 1 aliphatic heterocycles. The van der Waals surface area contributed by atoms with Crippen LogP contribution in [0.1, 0.15) is 12.8 Å². The number of hydrogen-bond acceptors (Lipinski definition) is 7. The van der Waals surface area contributed by atoms with Gasteiger partial charge in [0.15, 0.2) is 9.84 Å². The molecule has 0 radical (unpaired) electrons. The molecule has 2 amide bonds. The van der Waals surface area contributed by atoms with Crippen molar-refractivity contribution in [1.82, 2.24) is 9.79 Å². The Balaban J connectivity index is 2.20. The zero-order valence-electron chi connectivity index (χ0n) is 12.1. The van der Waals surface area contributed by atoms with Crippen LogP contribution in [0, 0.1) is 0 Å². The highest BCUT2D eigenvalue weighted by atomic mass is 32.2. The molecule has 0 aromatic heterocycles. The van der Waals surface area contributed by atoms with Crippen molar-refractivity contribution in [3.63, 3.8) is 0 Å². The van der Waals surface area contributed by atoms with E-state index in [2.05, 4.69) is 4.84 Å². The van der Waals surface area contributed by atoms with Gasteiger partial charge in [-0.2, -0.15) is 0 Å². The second kappa shape index (κ2) is 6.26. The summed E-state index contributed by atoms with van der Waals surface area (Å²) < 4.78 is 47.6. The molecule has 0 atom stereocenters. The van der Waals surface area contributed by atoms with Crippen molar-refractivity contribution in [1.29, 1.82) is 0 Å². The number of nitrogens with one attached hydrogen (secondary N) is 1. The highest BCUT2D eigenvalue weighted by molar-refractivity contribution is 7.93. The number of benzene rings is 1. The fourth-order valence-corrected chi connectivity index (χ4v) is 4.41. The Morgan fingerprint density at radius 2 is 1.78 bits per heavy atom. The third-order valence-corrected chi connectivity index (χ3v) is 5.59. The highest BCUT2D eigenvalue weighted by Gasteiger charge is 2.30. The van der Waals surface area contributed by atoms with Crippen molar-refractivity contribution in [3.8, 4) is 0 Å². The topological polar surface area (TPSA) is 127 Å². The molecule has 1 fully saturated rings. The summed E-state index contributed by atoms with van der Waals surface area (Å²) in [4.78, 5) is 28.8. The highest BCUT2D eigenvalue weighted by Crippen LogP contribution is 2.20. The minimum absolute atomic E-state index is 0.138. The number of amides is 2. The Morgan fingerprint density at radius 1 is 1.17 bits per heavy atom. The lowest BCUT2D eigenvalue weighted by Crippen LogP contribution is -2.38. The minimum Gasteiger partial charge on any atom is -0.338 e. The van der Waals surface area contributed by atoms with Crippen LogP contribution in [0.3, 0.4) is 0 Å². The number of sulfonamides is 1. The van der Waals surface area contributed by atoms with Crippen LogP contribution in [0.5, 0.6) is 0 Å². The van der Waals surface area contributed by atoms with Crippen molar-refractivity contribution in [2.45, 2.75) is 22.6 Å². The summed E-state index contributed by atoms with van der Waals surface area (Å²) in [7, 11) is -8.23. The molecule has 0 unspecified atom stereocenters. The number of rotatable bonds is 4. The van der Waals surface area contributed by atoms with Crippen molar-refractivity contribution in [2.24, 2.45) is 0 Å². The molecule has 1 aromatic rings. The van der Waals surface area contributed by atoms with Crippen LogP contribution in [0.2, 0.25) is 0 Å². The first-order valence-electron chi connectivity index (χ1n) is 6.45. The maximum Gasteiger partial charge on any atom is 0.436 e. The first kappa shape index (κ1) is 17.4. The van der Waals surface area contributed by atoms with E-state index in [-0.39, 0.29) is 13.0 Å². The maximum atomic E-state index is 12.1. The van der Waals surface area contributed by atoms with E-state index in [1.807, 2.05) is 0 Å². The van der Waals surface area contributed by atoms with Crippen LogP contribution in [0.25, 0.3) is 0 Å². The summed E-state index contributed by atoms with van der Waals surface area (Å²) in [6, 6.07) is 4.88. The monoisotopic (exact) mass is 362 g/mol. The fourth-order valence-electron chi connectivity index (χ4n) is 2.01. The van der Waals surface area contributed by atoms with Gasteiger partial charge in [-0.3, -0.25) is 4.79 Å². The predicted octanol–water partition coefficient (Wildman–Crippen LogP) is 0.0424. The summed E-state index contributed by atoms with van der Waals surface area (Å²) in [5, 5.41) is 0. The first-order chi connectivity index (χ1) is 10.6. The normalized spacial score (nSPS) is 15.7. The standard InChI is InChI=1S/C12H14N2O7S2/c1-22(17,18)9-5-2-3-6-10(9)23(19,20)13-21-12(16)14-8-4-7-11(14)15/h2-3,5-6,13H,4,7-8H2,1H3. The van der Waals surface area contributed by atoms with Gasteiger partial charge in [-0.05, 0) is 23.4 Å². The van der Waals surface area contributed by atoms with E-state index in [0.29, 0.717) is 6.42 Å². The van der Waals surface area contributed by atoms with E-state index < -0.39 is 41.7 Å². The lowest BCUT2D eigenvalue weighted by molar-refractivity contribution is -0.126. The summed E-state index contributed by atoms with van der Waals surface area (Å²) in [5.41, 5.74) is 0. The number of nitrogens with zero attached hydrogens (tertiary/aromatic N) is 1. The van der Waals surface area contributed by atoms with E-state index in [1.165, 1.54) is 12.1 Å². The summed E-state index contributed by atoms with van der Waals surface area (Å²) in [5.74, 6) is -0.467. The molecule has 11 heteroatoms. The molecule has 2 rings (SSSR count). The Labute approximate surface area is 133 Å². The molecule has 0 saturated carbocycles. The van der Waals surface area contributed by atoms with Gasteiger partial charge in [0.2, 0.25) is 5.91 Å². The molecule has 9 nitrogen and oxygen atoms in total. The maximum absolute atomic E-state index is 12.1. The van der Waals surface area contributed by atoms with Crippen LogP contribution in [0.15, 0.2) is 34.1 Å². The van der Waals surface area contributed by atoms with Gasteiger partial charge in [0, 0.05) is 19.2 Å². The molecule has 0 spiro atoms. The number of imide groups is 1. The average Bonchev–Trinajstić information content (AvgIpc) is 2.90. The van der Waals surface area contributed by atoms with Crippen LogP contribution in [-0.2, 0) is 29.5 Å². The molecule has 0 aliphatic carbocycles. The third-order valence-electron chi connectivity index (χ3n) is 3.07. The quantitative estimate of drug-likeness (QED) is 0.749.